The van der Waals surface area contributed by atoms with Crippen molar-refractivity contribution in [3.8, 4) is 0 Å². The highest BCUT2D eigenvalue weighted by Crippen LogP contribution is 2.27. The van der Waals surface area contributed by atoms with Gasteiger partial charge in [0.05, 0.1) is 0 Å². The van der Waals surface area contributed by atoms with Crippen LogP contribution in [0.4, 0.5) is 5.82 Å². The third-order valence-corrected chi connectivity index (χ3v) is 3.89. The molecule has 3 heterocycles. The maximum Gasteiger partial charge on any atom is 0.291 e. The molecule has 5 nitrogen and oxygen atoms in total. The lowest BCUT2D eigenvalue weighted by Gasteiger charge is -2.17. The maximum absolute atomic E-state index is 11.9. The van der Waals surface area contributed by atoms with Crippen molar-refractivity contribution in [2.75, 3.05) is 31.1 Å². The van der Waals surface area contributed by atoms with Crippen LogP contribution in [0, 0.1) is 11.8 Å². The predicted octanol–water partition coefficient (Wildman–Crippen LogP) is -0.0121. The van der Waals surface area contributed by atoms with Crippen molar-refractivity contribution < 1.29 is 0 Å². The summed E-state index contributed by atoms with van der Waals surface area (Å²) in [4.78, 5) is 21.3. The van der Waals surface area contributed by atoms with Crippen molar-refractivity contribution in [1.29, 1.82) is 0 Å². The van der Waals surface area contributed by atoms with E-state index in [0.29, 0.717) is 17.7 Å². The summed E-state index contributed by atoms with van der Waals surface area (Å²) in [7, 11) is 0. The van der Waals surface area contributed by atoms with E-state index in [-0.39, 0.29) is 5.56 Å². The number of hydrogen-bond acceptors (Lipinski definition) is 4. The molecule has 2 atom stereocenters. The molecule has 0 aromatic carbocycles. The molecule has 0 saturated carbocycles. The number of H-pyrrole nitrogens is 1. The third kappa shape index (κ3) is 1.84. The molecule has 0 radical (unpaired) electrons. The molecule has 2 saturated heterocycles. The number of hydrogen-bond donors (Lipinski definition) is 2. The van der Waals surface area contributed by atoms with E-state index in [4.69, 9.17) is 0 Å². The molecule has 1 aromatic rings. The molecule has 2 N–H and O–H groups in total. The third-order valence-electron chi connectivity index (χ3n) is 3.89. The van der Waals surface area contributed by atoms with Crippen LogP contribution >= 0.6 is 0 Å². The van der Waals surface area contributed by atoms with Crippen molar-refractivity contribution in [2.24, 2.45) is 11.8 Å². The molecule has 2 fully saturated rings. The highest BCUT2D eigenvalue weighted by molar-refractivity contribution is 5.38. The highest BCUT2D eigenvalue weighted by Gasteiger charge is 2.37. The van der Waals surface area contributed by atoms with Gasteiger partial charge in [0, 0.05) is 38.1 Å². The second-order valence-electron chi connectivity index (χ2n) is 5.00. The van der Waals surface area contributed by atoms with E-state index in [1.165, 1.54) is 0 Å². The molecule has 2 aliphatic rings. The number of nitrogens with zero attached hydrogens (tertiary/aromatic N) is 2. The molecular weight excluding hydrogens is 216 g/mol. The van der Waals surface area contributed by atoms with Crippen LogP contribution in [0.5, 0.6) is 0 Å². The van der Waals surface area contributed by atoms with Crippen molar-refractivity contribution in [3.05, 3.63) is 22.2 Å². The van der Waals surface area contributed by atoms with E-state index in [1.807, 2.05) is 6.92 Å². The Labute approximate surface area is 100 Å². The van der Waals surface area contributed by atoms with E-state index >= 15 is 0 Å². The largest absolute Gasteiger partial charge is 0.351 e. The number of nitrogens with one attached hydrogen (secondary N) is 2. The van der Waals surface area contributed by atoms with Gasteiger partial charge in [-0.25, -0.2) is 4.98 Å². The lowest BCUT2D eigenvalue weighted by atomic mass is 10.0. The van der Waals surface area contributed by atoms with Crippen LogP contribution in [0.25, 0.3) is 0 Å². The summed E-state index contributed by atoms with van der Waals surface area (Å²) in [6.45, 7) is 6.08. The van der Waals surface area contributed by atoms with Crippen molar-refractivity contribution in [1.82, 2.24) is 15.3 Å². The number of fused-ring (bicyclic) bond motifs is 1. The second kappa shape index (κ2) is 4.14. The zero-order valence-electron chi connectivity index (χ0n) is 10.1. The Balaban J connectivity index is 1.83. The quantitative estimate of drug-likeness (QED) is 0.755. The first-order valence-electron chi connectivity index (χ1n) is 6.31. The number of anilines is 1. The minimum absolute atomic E-state index is 0.0442. The standard InChI is InChI=1S/C12H18N4O/c1-2-10-5-14-11(12(17)15-10)16-6-8-3-13-4-9(8)7-16/h5,8-9,13H,2-4,6-7H2,1H3,(H,15,17). The van der Waals surface area contributed by atoms with Gasteiger partial charge >= 0.3 is 0 Å². The topological polar surface area (TPSA) is 61.0 Å². The van der Waals surface area contributed by atoms with Gasteiger partial charge in [-0.05, 0) is 18.3 Å². The van der Waals surface area contributed by atoms with Crippen LogP contribution in [0.3, 0.4) is 0 Å². The number of rotatable bonds is 2. The van der Waals surface area contributed by atoms with Gasteiger partial charge in [-0.1, -0.05) is 6.92 Å². The van der Waals surface area contributed by atoms with E-state index in [2.05, 4.69) is 20.2 Å². The van der Waals surface area contributed by atoms with Crippen LogP contribution in [-0.4, -0.2) is 36.1 Å². The first kappa shape index (κ1) is 10.8. The van der Waals surface area contributed by atoms with Crippen LogP contribution in [-0.2, 0) is 6.42 Å². The molecule has 2 aliphatic heterocycles. The van der Waals surface area contributed by atoms with E-state index in [9.17, 15) is 4.79 Å². The fraction of sp³-hybridized carbons (Fsp3) is 0.667. The van der Waals surface area contributed by atoms with Crippen molar-refractivity contribution in [2.45, 2.75) is 13.3 Å². The molecule has 0 aliphatic carbocycles. The first-order chi connectivity index (χ1) is 8.28. The Hall–Kier alpha value is -1.36. The number of aromatic nitrogens is 2. The second-order valence-corrected chi connectivity index (χ2v) is 5.00. The van der Waals surface area contributed by atoms with Crippen molar-refractivity contribution in [3.63, 3.8) is 0 Å². The monoisotopic (exact) mass is 234 g/mol. The van der Waals surface area contributed by atoms with Gasteiger partial charge in [0.1, 0.15) is 0 Å². The summed E-state index contributed by atoms with van der Waals surface area (Å²) in [5.74, 6) is 1.96. The van der Waals surface area contributed by atoms with Crippen LogP contribution in [0.15, 0.2) is 11.0 Å². The van der Waals surface area contributed by atoms with Gasteiger partial charge in [0.15, 0.2) is 5.82 Å². The maximum atomic E-state index is 11.9. The van der Waals surface area contributed by atoms with Crippen LogP contribution in [0.1, 0.15) is 12.6 Å². The molecular formula is C12H18N4O. The van der Waals surface area contributed by atoms with Gasteiger partial charge in [0.25, 0.3) is 5.56 Å². The number of aryl methyl sites for hydroxylation is 1. The van der Waals surface area contributed by atoms with Gasteiger partial charge < -0.3 is 15.2 Å². The summed E-state index contributed by atoms with van der Waals surface area (Å²) in [5, 5.41) is 3.40. The molecule has 2 unspecified atom stereocenters. The molecule has 5 heteroatoms. The number of aromatic amines is 1. The summed E-state index contributed by atoms with van der Waals surface area (Å²) < 4.78 is 0. The van der Waals surface area contributed by atoms with Crippen LogP contribution in [0.2, 0.25) is 0 Å². The zero-order valence-corrected chi connectivity index (χ0v) is 10.1. The van der Waals surface area contributed by atoms with Gasteiger partial charge in [0.2, 0.25) is 0 Å². The highest BCUT2D eigenvalue weighted by atomic mass is 16.1. The minimum Gasteiger partial charge on any atom is -0.351 e. The van der Waals surface area contributed by atoms with Gasteiger partial charge in [-0.2, -0.15) is 0 Å². The van der Waals surface area contributed by atoms with Crippen LogP contribution < -0.4 is 15.8 Å². The Kier molecular flexibility index (Phi) is 2.63. The smallest absolute Gasteiger partial charge is 0.291 e. The average Bonchev–Trinajstić information content (AvgIpc) is 2.89. The molecule has 0 spiro atoms. The molecule has 17 heavy (non-hydrogen) atoms. The van der Waals surface area contributed by atoms with E-state index in [0.717, 1.165) is 38.3 Å². The van der Waals surface area contributed by atoms with Crippen molar-refractivity contribution >= 4 is 5.82 Å². The molecule has 1 aromatic heterocycles. The zero-order chi connectivity index (χ0) is 11.8. The average molecular weight is 234 g/mol. The van der Waals surface area contributed by atoms with Gasteiger partial charge in [-0.15, -0.1) is 0 Å². The fourth-order valence-corrected chi connectivity index (χ4v) is 2.86. The SMILES string of the molecule is CCc1cnc(N2CC3CNCC3C2)c(=O)[nH]1. The predicted molar refractivity (Wildman–Crippen MR) is 66.3 cm³/mol. The normalized spacial score (nSPS) is 27.5. The van der Waals surface area contributed by atoms with E-state index in [1.54, 1.807) is 6.20 Å². The minimum atomic E-state index is -0.0442. The van der Waals surface area contributed by atoms with E-state index < -0.39 is 0 Å². The summed E-state index contributed by atoms with van der Waals surface area (Å²) in [6.07, 6.45) is 2.60. The summed E-state index contributed by atoms with van der Waals surface area (Å²) in [5.41, 5.74) is 0.858. The lowest BCUT2D eigenvalue weighted by Crippen LogP contribution is -2.31. The molecule has 92 valence electrons. The molecule has 3 rings (SSSR count). The molecule has 0 amide bonds. The summed E-state index contributed by atoms with van der Waals surface area (Å²) >= 11 is 0. The Morgan fingerprint density at radius 3 is 2.71 bits per heavy atom. The Morgan fingerprint density at radius 1 is 1.41 bits per heavy atom. The van der Waals surface area contributed by atoms with Gasteiger partial charge in [-0.3, -0.25) is 4.79 Å². The Morgan fingerprint density at radius 2 is 2.12 bits per heavy atom. The lowest BCUT2D eigenvalue weighted by molar-refractivity contribution is 0.533. The first-order valence-corrected chi connectivity index (χ1v) is 6.31. The summed E-state index contributed by atoms with van der Waals surface area (Å²) in [6, 6.07) is 0. The molecule has 0 bridgehead atoms. The fourth-order valence-electron chi connectivity index (χ4n) is 2.86. The Bertz CT molecular complexity index is 458.